The van der Waals surface area contributed by atoms with E-state index in [-0.39, 0.29) is 49.3 Å². The number of azo groups is 1. The Balaban J connectivity index is 2.33. The molecule has 0 spiro atoms. The molecular weight excluding hydrogens is 462 g/mol. The number of anilines is 2. The second-order valence-electron chi connectivity index (χ2n) is 7.18. The van der Waals surface area contributed by atoms with Gasteiger partial charge < -0.3 is 24.8 Å². The molecule has 2 rings (SSSR count). The highest BCUT2D eigenvalue weighted by Gasteiger charge is 2.14. The van der Waals surface area contributed by atoms with Crippen LogP contribution >= 0.6 is 0 Å². The second kappa shape index (κ2) is 12.6. The van der Waals surface area contributed by atoms with Crippen LogP contribution in [0.2, 0.25) is 0 Å². The molecule has 0 heterocycles. The van der Waals surface area contributed by atoms with Crippen molar-refractivity contribution in [1.29, 1.82) is 0 Å². The highest BCUT2D eigenvalue weighted by Crippen LogP contribution is 2.35. The lowest BCUT2D eigenvalue weighted by Crippen LogP contribution is -2.32. The first-order chi connectivity index (χ1) is 16.6. The summed E-state index contributed by atoms with van der Waals surface area (Å²) in [5.41, 5.74) is 0.863. The van der Waals surface area contributed by atoms with E-state index in [4.69, 9.17) is 9.47 Å². The minimum Gasteiger partial charge on any atom is -0.505 e. The third kappa shape index (κ3) is 8.72. The van der Waals surface area contributed by atoms with Gasteiger partial charge in [-0.25, -0.2) is 0 Å². The summed E-state index contributed by atoms with van der Waals surface area (Å²) in [5.74, 6) is -1.67. The maximum atomic E-state index is 11.8. The molecule has 13 nitrogen and oxygen atoms in total. The number of carbonyl (C=O) groups is 3. The van der Waals surface area contributed by atoms with Crippen molar-refractivity contribution in [2.45, 2.75) is 20.8 Å². The molecule has 0 bridgehead atoms. The van der Waals surface area contributed by atoms with Crippen LogP contribution in [-0.4, -0.2) is 54.2 Å². The Hall–Kier alpha value is -4.55. The molecule has 0 aliphatic rings. The Bertz CT molecular complexity index is 1110. The molecule has 13 heteroatoms. The van der Waals surface area contributed by atoms with Gasteiger partial charge in [0.15, 0.2) is 0 Å². The maximum absolute atomic E-state index is 11.8. The van der Waals surface area contributed by atoms with E-state index in [2.05, 4.69) is 15.5 Å². The number of aromatic hydroxyl groups is 1. The van der Waals surface area contributed by atoms with Crippen LogP contribution in [0.4, 0.5) is 28.4 Å². The Labute approximate surface area is 200 Å². The molecule has 0 aliphatic carbocycles. The predicted octanol–water partition coefficient (Wildman–Crippen LogP) is 3.61. The number of hydrogen-bond acceptors (Lipinski definition) is 11. The number of hydrogen-bond donors (Lipinski definition) is 2. The van der Waals surface area contributed by atoms with Crippen LogP contribution in [0.25, 0.3) is 0 Å². The summed E-state index contributed by atoms with van der Waals surface area (Å²) >= 11 is 0. The zero-order valence-electron chi connectivity index (χ0n) is 19.4. The quantitative estimate of drug-likeness (QED) is 0.208. The lowest BCUT2D eigenvalue weighted by atomic mass is 10.2. The number of carbonyl (C=O) groups excluding carboxylic acids is 3. The number of phenolic OH excluding ortho intramolecular Hbond substituents is 1. The van der Waals surface area contributed by atoms with Crippen molar-refractivity contribution in [3.05, 3.63) is 46.5 Å². The standard InChI is InChI=1S/C22H25N5O8/c1-14(28)23-21-12-17(26(8-10-34-15(2)29)9-11-35-16(3)30)4-6-19(21)24-25-20-7-5-18(27(32)33)13-22(20)31/h4-7,12-13,31H,8-11H2,1-3H3,(H,23,28)/b25-24+. The molecule has 2 aromatic carbocycles. The number of nitrogens with one attached hydrogen (secondary N) is 1. The van der Waals surface area contributed by atoms with E-state index in [0.717, 1.165) is 6.07 Å². The highest BCUT2D eigenvalue weighted by molar-refractivity contribution is 5.93. The molecule has 2 N–H and O–H groups in total. The van der Waals surface area contributed by atoms with Gasteiger partial charge in [0, 0.05) is 32.5 Å². The van der Waals surface area contributed by atoms with Crippen molar-refractivity contribution >= 4 is 46.3 Å². The van der Waals surface area contributed by atoms with Gasteiger partial charge in [-0.3, -0.25) is 24.5 Å². The van der Waals surface area contributed by atoms with Crippen LogP contribution in [0.5, 0.6) is 5.75 Å². The number of nitro groups is 1. The van der Waals surface area contributed by atoms with Crippen molar-refractivity contribution in [3.63, 3.8) is 0 Å². The highest BCUT2D eigenvalue weighted by atomic mass is 16.6. The van der Waals surface area contributed by atoms with Crippen molar-refractivity contribution in [3.8, 4) is 5.75 Å². The van der Waals surface area contributed by atoms with Crippen molar-refractivity contribution in [1.82, 2.24) is 0 Å². The molecule has 35 heavy (non-hydrogen) atoms. The van der Waals surface area contributed by atoms with E-state index >= 15 is 0 Å². The van der Waals surface area contributed by atoms with Crippen molar-refractivity contribution in [2.24, 2.45) is 10.2 Å². The zero-order chi connectivity index (χ0) is 26.0. The summed E-state index contributed by atoms with van der Waals surface area (Å²) in [6, 6.07) is 8.24. The minimum atomic E-state index is -0.650. The van der Waals surface area contributed by atoms with Gasteiger partial charge in [0.1, 0.15) is 30.3 Å². The molecule has 0 saturated heterocycles. The molecule has 186 valence electrons. The Morgan fingerprint density at radius 2 is 1.54 bits per heavy atom. The van der Waals surface area contributed by atoms with Crippen molar-refractivity contribution < 1.29 is 33.9 Å². The smallest absolute Gasteiger partial charge is 0.302 e. The molecule has 0 radical (unpaired) electrons. The summed E-state index contributed by atoms with van der Waals surface area (Å²) in [6.45, 7) is 4.66. The van der Waals surface area contributed by atoms with E-state index in [1.807, 2.05) is 0 Å². The van der Waals surface area contributed by atoms with E-state index in [9.17, 15) is 29.6 Å². The van der Waals surface area contributed by atoms with E-state index in [0.29, 0.717) is 11.4 Å². The number of benzene rings is 2. The Morgan fingerprint density at radius 1 is 0.971 bits per heavy atom. The van der Waals surface area contributed by atoms with Gasteiger partial charge in [-0.15, -0.1) is 10.2 Å². The second-order valence-corrected chi connectivity index (χ2v) is 7.18. The molecule has 0 aromatic heterocycles. The molecule has 0 unspecified atom stereocenters. The van der Waals surface area contributed by atoms with Crippen LogP contribution in [0, 0.1) is 10.1 Å². The van der Waals surface area contributed by atoms with Crippen LogP contribution in [-0.2, 0) is 23.9 Å². The summed E-state index contributed by atoms with van der Waals surface area (Å²) in [4.78, 5) is 46.0. The average Bonchev–Trinajstić information content (AvgIpc) is 2.77. The molecular formula is C22H25N5O8. The lowest BCUT2D eigenvalue weighted by molar-refractivity contribution is -0.384. The van der Waals surface area contributed by atoms with E-state index in [1.54, 1.807) is 23.1 Å². The minimum absolute atomic E-state index is 0.00200. The third-order valence-corrected chi connectivity index (χ3v) is 4.42. The molecule has 0 atom stereocenters. The lowest BCUT2D eigenvalue weighted by Gasteiger charge is -2.25. The number of non-ortho nitro benzene ring substituents is 1. The zero-order valence-corrected chi connectivity index (χ0v) is 19.4. The van der Waals surface area contributed by atoms with Gasteiger partial charge in [-0.2, -0.15) is 0 Å². The van der Waals surface area contributed by atoms with E-state index < -0.39 is 22.6 Å². The first-order valence-corrected chi connectivity index (χ1v) is 10.4. The fourth-order valence-corrected chi connectivity index (χ4v) is 2.88. The summed E-state index contributed by atoms with van der Waals surface area (Å²) in [6.07, 6.45) is 0. The third-order valence-electron chi connectivity index (χ3n) is 4.42. The van der Waals surface area contributed by atoms with Gasteiger partial charge in [-0.05, 0) is 24.3 Å². The topological polar surface area (TPSA) is 173 Å². The Morgan fingerprint density at radius 3 is 2.06 bits per heavy atom. The molecule has 0 fully saturated rings. The summed E-state index contributed by atoms with van der Waals surface area (Å²) in [5, 5.41) is 31.4. The normalized spacial score (nSPS) is 10.6. The Kier molecular flexibility index (Phi) is 9.63. The molecule has 0 saturated carbocycles. The number of ether oxygens (including phenoxy) is 2. The maximum Gasteiger partial charge on any atom is 0.302 e. The molecule has 1 amide bonds. The summed E-state index contributed by atoms with van der Waals surface area (Å²) in [7, 11) is 0. The summed E-state index contributed by atoms with van der Waals surface area (Å²) < 4.78 is 10.0. The first kappa shape index (κ1) is 26.7. The number of rotatable bonds is 11. The fraction of sp³-hybridized carbons (Fsp3) is 0.318. The van der Waals surface area contributed by atoms with E-state index in [1.165, 1.54) is 32.9 Å². The fourth-order valence-electron chi connectivity index (χ4n) is 2.88. The SMILES string of the molecule is CC(=O)Nc1cc(N(CCOC(C)=O)CCOC(C)=O)ccc1/N=N/c1ccc([N+](=O)[O-])cc1O. The largest absolute Gasteiger partial charge is 0.505 e. The molecule has 2 aromatic rings. The van der Waals surface area contributed by atoms with Gasteiger partial charge in [-0.1, -0.05) is 0 Å². The predicted molar refractivity (Wildman–Crippen MR) is 125 cm³/mol. The van der Waals surface area contributed by atoms with Crippen molar-refractivity contribution in [2.75, 3.05) is 36.5 Å². The van der Waals surface area contributed by atoms with Gasteiger partial charge in [0.05, 0.1) is 29.8 Å². The monoisotopic (exact) mass is 487 g/mol. The number of nitro benzene ring substituents is 1. The van der Waals surface area contributed by atoms with Gasteiger partial charge >= 0.3 is 11.9 Å². The number of nitrogens with zero attached hydrogens (tertiary/aromatic N) is 4. The number of phenols is 1. The molecule has 0 aliphatic heterocycles. The van der Waals surface area contributed by atoms with Gasteiger partial charge in [0.2, 0.25) is 5.91 Å². The van der Waals surface area contributed by atoms with Crippen LogP contribution in [0.1, 0.15) is 20.8 Å². The van der Waals surface area contributed by atoms with Crippen LogP contribution in [0.15, 0.2) is 46.6 Å². The number of amides is 1. The van der Waals surface area contributed by atoms with Crippen LogP contribution in [0.3, 0.4) is 0 Å². The number of esters is 2. The average molecular weight is 487 g/mol. The first-order valence-electron chi connectivity index (χ1n) is 10.4. The van der Waals surface area contributed by atoms with Gasteiger partial charge in [0.25, 0.3) is 5.69 Å². The van der Waals surface area contributed by atoms with Crippen LogP contribution < -0.4 is 10.2 Å².